The van der Waals surface area contributed by atoms with Crippen LogP contribution in [0.1, 0.15) is 65.2 Å². The first kappa shape index (κ1) is 29.8. The molecule has 37 heavy (non-hydrogen) atoms. The number of methoxy groups -OCH3 is 2. The molecule has 0 aliphatic rings. The summed E-state index contributed by atoms with van der Waals surface area (Å²) in [6, 6.07) is 10.2. The van der Waals surface area contributed by atoms with Crippen molar-refractivity contribution in [2.45, 2.75) is 71.7 Å². The molecule has 2 aromatic rings. The average Bonchev–Trinajstić information content (AvgIpc) is 2.79. The molecule has 0 radical (unpaired) electrons. The van der Waals surface area contributed by atoms with Gasteiger partial charge in [0.15, 0.2) is 29.6 Å². The van der Waals surface area contributed by atoms with Crippen LogP contribution in [0.15, 0.2) is 36.4 Å². The lowest BCUT2D eigenvalue weighted by Gasteiger charge is -2.21. The summed E-state index contributed by atoms with van der Waals surface area (Å²) < 4.78 is 32.1. The Balaban J connectivity index is 2.19. The molecule has 9 nitrogen and oxygen atoms in total. The lowest BCUT2D eigenvalue weighted by molar-refractivity contribution is -0.157. The zero-order chi connectivity index (χ0) is 27.8. The first-order valence-electron chi connectivity index (χ1n) is 12.0. The smallest absolute Gasteiger partial charge is 0.493 e. The molecule has 0 aromatic heterocycles. The van der Waals surface area contributed by atoms with E-state index in [1.165, 1.54) is 12.1 Å². The Bertz CT molecular complexity index is 1060. The molecule has 0 aliphatic carbocycles. The minimum Gasteiger partial charge on any atom is -0.493 e. The fourth-order valence-corrected chi connectivity index (χ4v) is 3.30. The van der Waals surface area contributed by atoms with Gasteiger partial charge in [-0.1, -0.05) is 12.1 Å². The molecule has 0 unspecified atom stereocenters. The van der Waals surface area contributed by atoms with Gasteiger partial charge in [-0.15, -0.1) is 0 Å². The minimum absolute atomic E-state index is 0.0497. The molecule has 1 N–H and O–H groups in total. The van der Waals surface area contributed by atoms with Crippen LogP contribution in [-0.4, -0.2) is 49.3 Å². The van der Waals surface area contributed by atoms with Crippen LogP contribution in [0.25, 0.3) is 0 Å². The third-order valence-electron chi connectivity index (χ3n) is 4.86. The maximum absolute atomic E-state index is 12.2. The highest BCUT2D eigenvalue weighted by Gasteiger charge is 2.22. The maximum atomic E-state index is 12.2. The van der Waals surface area contributed by atoms with E-state index in [1.54, 1.807) is 61.8 Å². The summed E-state index contributed by atoms with van der Waals surface area (Å²) in [5, 5.41) is 10.9. The number of esters is 1. The van der Waals surface area contributed by atoms with E-state index in [2.05, 4.69) is 0 Å². The average molecular weight is 519 g/mol. The van der Waals surface area contributed by atoms with Crippen LogP contribution in [0, 0.1) is 0 Å². The van der Waals surface area contributed by atoms with E-state index in [0.717, 1.165) is 5.56 Å². The molecular formula is C28H38O9. The second-order valence-electron chi connectivity index (χ2n) is 10.4. The Morgan fingerprint density at radius 3 is 2.03 bits per heavy atom. The van der Waals surface area contributed by atoms with Gasteiger partial charge in [0.2, 0.25) is 0 Å². The van der Waals surface area contributed by atoms with Crippen molar-refractivity contribution in [1.82, 2.24) is 0 Å². The number of rotatable bonds is 10. The summed E-state index contributed by atoms with van der Waals surface area (Å²) in [5.74, 6) is 0.790. The van der Waals surface area contributed by atoms with Crippen molar-refractivity contribution in [2.75, 3.05) is 20.8 Å². The van der Waals surface area contributed by atoms with Gasteiger partial charge in [0.1, 0.15) is 11.2 Å². The number of carbonyl (C=O) groups is 2. The van der Waals surface area contributed by atoms with Crippen LogP contribution in [0.4, 0.5) is 4.79 Å². The molecule has 0 fully saturated rings. The largest absolute Gasteiger partial charge is 0.514 e. The highest BCUT2D eigenvalue weighted by Crippen LogP contribution is 2.34. The van der Waals surface area contributed by atoms with Gasteiger partial charge in [0.25, 0.3) is 0 Å². The van der Waals surface area contributed by atoms with Gasteiger partial charge < -0.3 is 33.5 Å². The number of carbonyl (C=O) groups excluding carboxylic acids is 2. The summed E-state index contributed by atoms with van der Waals surface area (Å²) in [7, 11) is 3.14. The van der Waals surface area contributed by atoms with Gasteiger partial charge in [-0.2, -0.15) is 0 Å². The standard InChI is InChI=1S/C28H38O9/c1-27(2,3)36-25(30)17-34-24-16-19(11-14-22(24)35-26(31)37-28(4,5)6)20(29)12-9-18-10-13-21(32-7)23(15-18)33-8/h10-11,13-16,20,29H,9,12,17H2,1-8H3/t20-/m1/s1. The number of aliphatic hydroxyl groups is 1. The number of hydrogen-bond donors (Lipinski definition) is 1. The fraction of sp³-hybridized carbons (Fsp3) is 0.500. The Morgan fingerprint density at radius 1 is 0.811 bits per heavy atom. The number of benzene rings is 2. The lowest BCUT2D eigenvalue weighted by Crippen LogP contribution is -2.28. The van der Waals surface area contributed by atoms with E-state index >= 15 is 0 Å². The van der Waals surface area contributed by atoms with Crippen LogP contribution in [-0.2, 0) is 20.7 Å². The highest BCUT2D eigenvalue weighted by molar-refractivity contribution is 5.72. The molecule has 204 valence electrons. The number of hydrogen-bond acceptors (Lipinski definition) is 9. The highest BCUT2D eigenvalue weighted by atomic mass is 16.7. The molecular weight excluding hydrogens is 480 g/mol. The van der Waals surface area contributed by atoms with Gasteiger partial charge in [-0.3, -0.25) is 0 Å². The van der Waals surface area contributed by atoms with Crippen LogP contribution < -0.4 is 18.9 Å². The van der Waals surface area contributed by atoms with E-state index in [9.17, 15) is 14.7 Å². The molecule has 2 aromatic carbocycles. The normalized spacial score (nSPS) is 12.4. The maximum Gasteiger partial charge on any atom is 0.514 e. The summed E-state index contributed by atoms with van der Waals surface area (Å²) in [6.07, 6.45) is -0.817. The van der Waals surface area contributed by atoms with Crippen molar-refractivity contribution >= 4 is 12.1 Å². The second kappa shape index (κ2) is 12.7. The predicted octanol–water partition coefficient (Wildman–Crippen LogP) is 5.40. The third kappa shape index (κ3) is 10.2. The van der Waals surface area contributed by atoms with Gasteiger partial charge in [0.05, 0.1) is 20.3 Å². The second-order valence-corrected chi connectivity index (χ2v) is 10.4. The van der Waals surface area contributed by atoms with Gasteiger partial charge >= 0.3 is 12.1 Å². The molecule has 0 saturated heterocycles. The van der Waals surface area contributed by atoms with Crippen molar-refractivity contribution < 1.29 is 43.1 Å². The van der Waals surface area contributed by atoms with E-state index in [4.69, 9.17) is 28.4 Å². The molecule has 0 bridgehead atoms. The van der Waals surface area contributed by atoms with E-state index in [0.29, 0.717) is 29.9 Å². The molecule has 2 rings (SSSR count). The molecule has 1 atom stereocenters. The van der Waals surface area contributed by atoms with E-state index < -0.39 is 36.0 Å². The zero-order valence-electron chi connectivity index (χ0n) is 22.9. The van der Waals surface area contributed by atoms with Crippen LogP contribution >= 0.6 is 0 Å². The molecule has 0 spiro atoms. The predicted molar refractivity (Wildman–Crippen MR) is 137 cm³/mol. The van der Waals surface area contributed by atoms with Gasteiger partial charge in [-0.25, -0.2) is 9.59 Å². The Kier molecular flexibility index (Phi) is 10.2. The van der Waals surface area contributed by atoms with Crippen molar-refractivity contribution in [2.24, 2.45) is 0 Å². The van der Waals surface area contributed by atoms with Crippen molar-refractivity contribution in [1.29, 1.82) is 0 Å². The monoisotopic (exact) mass is 518 g/mol. The van der Waals surface area contributed by atoms with Gasteiger partial charge in [0, 0.05) is 0 Å². The Hall–Kier alpha value is -3.46. The topological polar surface area (TPSA) is 110 Å². The molecule has 0 heterocycles. The first-order chi connectivity index (χ1) is 17.2. The van der Waals surface area contributed by atoms with Crippen LogP contribution in [0.5, 0.6) is 23.0 Å². The van der Waals surface area contributed by atoms with Crippen LogP contribution in [0.2, 0.25) is 0 Å². The quantitative estimate of drug-likeness (QED) is 0.326. The summed E-state index contributed by atoms with van der Waals surface area (Å²) >= 11 is 0. The first-order valence-corrected chi connectivity index (χ1v) is 12.0. The Morgan fingerprint density at radius 2 is 1.43 bits per heavy atom. The van der Waals surface area contributed by atoms with Crippen molar-refractivity contribution in [3.63, 3.8) is 0 Å². The zero-order valence-corrected chi connectivity index (χ0v) is 22.9. The number of aliphatic hydroxyl groups excluding tert-OH is 1. The van der Waals surface area contributed by atoms with Crippen molar-refractivity contribution in [3.8, 4) is 23.0 Å². The van der Waals surface area contributed by atoms with Crippen molar-refractivity contribution in [3.05, 3.63) is 47.5 Å². The molecule has 0 saturated carbocycles. The third-order valence-corrected chi connectivity index (χ3v) is 4.86. The SMILES string of the molecule is COc1ccc(CC[C@@H](O)c2ccc(OC(=O)OC(C)(C)C)c(OCC(=O)OC(C)(C)C)c2)cc1OC. The van der Waals surface area contributed by atoms with E-state index in [1.807, 2.05) is 18.2 Å². The van der Waals surface area contributed by atoms with Gasteiger partial charge in [-0.05, 0) is 89.8 Å². The Labute approximate surface area is 218 Å². The fourth-order valence-electron chi connectivity index (χ4n) is 3.30. The summed E-state index contributed by atoms with van der Waals surface area (Å²) in [4.78, 5) is 24.4. The number of ether oxygens (including phenoxy) is 6. The summed E-state index contributed by atoms with van der Waals surface area (Å²) in [5.41, 5.74) is 0.0482. The lowest BCUT2D eigenvalue weighted by atomic mass is 10.0. The molecule has 9 heteroatoms. The van der Waals surface area contributed by atoms with Crippen LogP contribution in [0.3, 0.4) is 0 Å². The molecule has 0 aliphatic heterocycles. The molecule has 0 amide bonds. The van der Waals surface area contributed by atoms with E-state index in [-0.39, 0.29) is 11.5 Å². The summed E-state index contributed by atoms with van der Waals surface area (Å²) in [6.45, 7) is 9.98. The minimum atomic E-state index is -0.920. The number of aryl methyl sites for hydroxylation is 1.